The number of hydrogen-bond donors (Lipinski definition) is 1. The minimum Gasteiger partial charge on any atom is -0.335 e. The van der Waals surface area contributed by atoms with Crippen LogP contribution in [0.5, 0.6) is 0 Å². The van der Waals surface area contributed by atoms with Crippen LogP contribution in [0.2, 0.25) is 0 Å². The molecule has 2 aliphatic heterocycles. The molecule has 0 spiro atoms. The van der Waals surface area contributed by atoms with E-state index in [9.17, 15) is 4.79 Å². The Morgan fingerprint density at radius 1 is 1.13 bits per heavy atom. The Labute approximate surface area is 136 Å². The molecule has 1 unspecified atom stereocenters. The van der Waals surface area contributed by atoms with Crippen molar-refractivity contribution in [2.24, 2.45) is 0 Å². The van der Waals surface area contributed by atoms with Gasteiger partial charge in [-0.3, -0.25) is 14.7 Å². The SMILES string of the molecule is O=C(c1nccc2ccccc12)N1CCN(C2CCNC2)CC1. The Hall–Kier alpha value is -1.98. The highest BCUT2D eigenvalue weighted by atomic mass is 16.2. The van der Waals surface area contributed by atoms with Crippen molar-refractivity contribution in [1.82, 2.24) is 20.1 Å². The summed E-state index contributed by atoms with van der Waals surface area (Å²) < 4.78 is 0. The second-order valence-electron chi connectivity index (χ2n) is 6.36. The lowest BCUT2D eigenvalue weighted by atomic mass is 10.1. The lowest BCUT2D eigenvalue weighted by Crippen LogP contribution is -2.52. The van der Waals surface area contributed by atoms with Crippen molar-refractivity contribution >= 4 is 16.7 Å². The number of fused-ring (bicyclic) bond motifs is 1. The highest BCUT2D eigenvalue weighted by Crippen LogP contribution is 2.19. The number of amides is 1. The normalized spacial score (nSPS) is 22.6. The quantitative estimate of drug-likeness (QED) is 0.910. The van der Waals surface area contributed by atoms with Gasteiger partial charge in [0.15, 0.2) is 0 Å². The molecule has 4 rings (SSSR count). The standard InChI is InChI=1S/C18H22N4O/c23-18(17-16-4-2-1-3-14(16)5-8-20-17)22-11-9-21(10-12-22)15-6-7-19-13-15/h1-5,8,15,19H,6-7,9-13H2. The zero-order chi connectivity index (χ0) is 15.6. The first-order chi connectivity index (χ1) is 11.3. The predicted molar refractivity (Wildman–Crippen MR) is 90.5 cm³/mol. The van der Waals surface area contributed by atoms with E-state index in [2.05, 4.69) is 15.2 Å². The van der Waals surface area contributed by atoms with Crippen molar-refractivity contribution in [3.05, 3.63) is 42.2 Å². The molecule has 120 valence electrons. The average molecular weight is 310 g/mol. The molecular formula is C18H22N4O. The van der Waals surface area contributed by atoms with Crippen molar-refractivity contribution < 1.29 is 4.79 Å². The first-order valence-corrected chi connectivity index (χ1v) is 8.41. The molecule has 2 aromatic rings. The van der Waals surface area contributed by atoms with Crippen LogP contribution in [0, 0.1) is 0 Å². The Morgan fingerprint density at radius 2 is 1.96 bits per heavy atom. The second kappa shape index (κ2) is 6.26. The van der Waals surface area contributed by atoms with Crippen LogP contribution in [0.4, 0.5) is 0 Å². The third-order valence-electron chi connectivity index (χ3n) is 5.03. The molecule has 2 fully saturated rings. The lowest BCUT2D eigenvalue weighted by Gasteiger charge is -2.37. The molecule has 0 radical (unpaired) electrons. The minimum atomic E-state index is 0.0611. The maximum atomic E-state index is 12.9. The summed E-state index contributed by atoms with van der Waals surface area (Å²) >= 11 is 0. The number of aromatic nitrogens is 1. The van der Waals surface area contributed by atoms with Crippen LogP contribution in [0.25, 0.3) is 10.8 Å². The monoisotopic (exact) mass is 310 g/mol. The van der Waals surface area contributed by atoms with Gasteiger partial charge in [0.1, 0.15) is 5.69 Å². The largest absolute Gasteiger partial charge is 0.335 e. The Kier molecular flexibility index (Phi) is 3.97. The molecule has 1 atom stereocenters. The van der Waals surface area contributed by atoms with Crippen molar-refractivity contribution in [2.45, 2.75) is 12.5 Å². The van der Waals surface area contributed by atoms with Crippen LogP contribution in [0.3, 0.4) is 0 Å². The van der Waals surface area contributed by atoms with Crippen LogP contribution in [0.1, 0.15) is 16.9 Å². The Bertz CT molecular complexity index is 698. The van der Waals surface area contributed by atoms with E-state index in [1.807, 2.05) is 35.2 Å². The number of hydrogen-bond acceptors (Lipinski definition) is 4. The van der Waals surface area contributed by atoms with E-state index in [1.165, 1.54) is 6.42 Å². The molecule has 0 aliphatic carbocycles. The van der Waals surface area contributed by atoms with E-state index in [1.54, 1.807) is 6.20 Å². The fourth-order valence-electron chi connectivity index (χ4n) is 3.68. The summed E-state index contributed by atoms with van der Waals surface area (Å²) in [5, 5.41) is 5.43. The van der Waals surface area contributed by atoms with Crippen LogP contribution < -0.4 is 5.32 Å². The maximum Gasteiger partial charge on any atom is 0.273 e. The van der Waals surface area contributed by atoms with E-state index >= 15 is 0 Å². The van der Waals surface area contributed by atoms with Gasteiger partial charge in [0.2, 0.25) is 0 Å². The Morgan fingerprint density at radius 3 is 2.74 bits per heavy atom. The van der Waals surface area contributed by atoms with Crippen LogP contribution in [-0.4, -0.2) is 66.0 Å². The number of carbonyl (C=O) groups excluding carboxylic acids is 1. The number of carbonyl (C=O) groups is 1. The molecule has 0 bridgehead atoms. The molecule has 1 amide bonds. The first kappa shape index (κ1) is 14.6. The lowest BCUT2D eigenvalue weighted by molar-refractivity contribution is 0.0580. The van der Waals surface area contributed by atoms with Gasteiger partial charge in [0, 0.05) is 50.3 Å². The number of benzene rings is 1. The van der Waals surface area contributed by atoms with E-state index in [-0.39, 0.29) is 5.91 Å². The van der Waals surface area contributed by atoms with Crippen molar-refractivity contribution in [3.8, 4) is 0 Å². The average Bonchev–Trinajstić information content (AvgIpc) is 3.15. The summed E-state index contributed by atoms with van der Waals surface area (Å²) in [6.07, 6.45) is 2.95. The van der Waals surface area contributed by atoms with Gasteiger partial charge in [0.05, 0.1) is 0 Å². The topological polar surface area (TPSA) is 48.5 Å². The van der Waals surface area contributed by atoms with Crippen LogP contribution in [0.15, 0.2) is 36.5 Å². The van der Waals surface area contributed by atoms with E-state index in [0.717, 1.165) is 50.0 Å². The van der Waals surface area contributed by atoms with Gasteiger partial charge < -0.3 is 10.2 Å². The summed E-state index contributed by atoms with van der Waals surface area (Å²) in [6.45, 7) is 5.70. The number of rotatable bonds is 2. The van der Waals surface area contributed by atoms with Gasteiger partial charge in [-0.05, 0) is 24.4 Å². The minimum absolute atomic E-state index is 0.0611. The van der Waals surface area contributed by atoms with E-state index in [4.69, 9.17) is 0 Å². The predicted octanol–water partition coefficient (Wildman–Crippen LogP) is 1.35. The molecular weight excluding hydrogens is 288 g/mol. The van der Waals surface area contributed by atoms with Gasteiger partial charge >= 0.3 is 0 Å². The highest BCUT2D eigenvalue weighted by Gasteiger charge is 2.28. The van der Waals surface area contributed by atoms with Crippen molar-refractivity contribution in [1.29, 1.82) is 0 Å². The Balaban J connectivity index is 1.49. The molecule has 3 heterocycles. The number of nitrogens with one attached hydrogen (secondary N) is 1. The molecule has 5 nitrogen and oxygen atoms in total. The second-order valence-corrected chi connectivity index (χ2v) is 6.36. The number of piperazine rings is 1. The summed E-state index contributed by atoms with van der Waals surface area (Å²) in [6, 6.07) is 10.6. The van der Waals surface area contributed by atoms with Gasteiger partial charge in [-0.1, -0.05) is 24.3 Å². The summed E-state index contributed by atoms with van der Waals surface area (Å²) in [5.74, 6) is 0.0611. The molecule has 0 saturated carbocycles. The molecule has 23 heavy (non-hydrogen) atoms. The fraction of sp³-hybridized carbons (Fsp3) is 0.444. The zero-order valence-electron chi connectivity index (χ0n) is 13.2. The van der Waals surface area contributed by atoms with E-state index in [0.29, 0.717) is 11.7 Å². The van der Waals surface area contributed by atoms with Crippen molar-refractivity contribution in [2.75, 3.05) is 39.3 Å². The molecule has 1 N–H and O–H groups in total. The molecule has 2 saturated heterocycles. The third kappa shape index (κ3) is 2.82. The molecule has 5 heteroatoms. The first-order valence-electron chi connectivity index (χ1n) is 8.41. The molecule has 2 aliphatic rings. The summed E-state index contributed by atoms with van der Waals surface area (Å²) in [7, 11) is 0. The number of pyridine rings is 1. The van der Waals surface area contributed by atoms with Gasteiger partial charge in [0.25, 0.3) is 5.91 Å². The number of nitrogens with zero attached hydrogens (tertiary/aromatic N) is 3. The summed E-state index contributed by atoms with van der Waals surface area (Å²) in [4.78, 5) is 21.7. The maximum absolute atomic E-state index is 12.9. The van der Waals surface area contributed by atoms with Gasteiger partial charge in [-0.25, -0.2) is 0 Å². The zero-order valence-corrected chi connectivity index (χ0v) is 13.2. The third-order valence-corrected chi connectivity index (χ3v) is 5.03. The van der Waals surface area contributed by atoms with Gasteiger partial charge in [-0.15, -0.1) is 0 Å². The highest BCUT2D eigenvalue weighted by molar-refractivity contribution is 6.05. The van der Waals surface area contributed by atoms with Gasteiger partial charge in [-0.2, -0.15) is 0 Å². The van der Waals surface area contributed by atoms with Crippen molar-refractivity contribution in [3.63, 3.8) is 0 Å². The van der Waals surface area contributed by atoms with Crippen LogP contribution in [-0.2, 0) is 0 Å². The van der Waals surface area contributed by atoms with Crippen LogP contribution >= 0.6 is 0 Å². The fourth-order valence-corrected chi connectivity index (χ4v) is 3.68. The smallest absolute Gasteiger partial charge is 0.273 e. The molecule has 1 aromatic heterocycles. The van der Waals surface area contributed by atoms with E-state index < -0.39 is 0 Å². The molecule has 1 aromatic carbocycles. The summed E-state index contributed by atoms with van der Waals surface area (Å²) in [5.41, 5.74) is 0.582.